The Balaban J connectivity index is 1.68. The number of aryl methyl sites for hydroxylation is 1. The van der Waals surface area contributed by atoms with Gasteiger partial charge >= 0.3 is 11.8 Å². The average Bonchev–Trinajstić information content (AvgIpc) is 2.65. The molecule has 10 nitrogen and oxygen atoms in total. The molecule has 1 aromatic carbocycles. The summed E-state index contributed by atoms with van der Waals surface area (Å²) in [6.45, 7) is 1.69. The molecule has 1 amide bonds. The van der Waals surface area contributed by atoms with Gasteiger partial charge in [-0.25, -0.2) is 20.0 Å². The number of nitrogens with zero attached hydrogens (tertiary/aromatic N) is 2. The SMILES string of the molecule is Cc1cn(CC([O])=NCCNNC(=O)OCc2ccccc2)c(=O)[nH]c1=O. The summed E-state index contributed by atoms with van der Waals surface area (Å²) >= 11 is 0. The van der Waals surface area contributed by atoms with Gasteiger partial charge in [0.05, 0.1) is 6.54 Å². The summed E-state index contributed by atoms with van der Waals surface area (Å²) < 4.78 is 6.07. The van der Waals surface area contributed by atoms with Crippen LogP contribution in [0.3, 0.4) is 0 Å². The number of aliphatic imine (C=N–C) groups is 1. The van der Waals surface area contributed by atoms with E-state index in [0.717, 1.165) is 10.1 Å². The molecule has 1 aromatic heterocycles. The van der Waals surface area contributed by atoms with Crippen LogP contribution >= 0.6 is 0 Å². The predicted molar refractivity (Wildman–Crippen MR) is 96.8 cm³/mol. The largest absolute Gasteiger partial charge is 0.444 e. The van der Waals surface area contributed by atoms with Crippen molar-refractivity contribution in [3.05, 3.63) is 68.5 Å². The molecule has 0 aliphatic rings. The summed E-state index contributed by atoms with van der Waals surface area (Å²) in [6.07, 6.45) is 0.650. The van der Waals surface area contributed by atoms with Crippen LogP contribution in [-0.2, 0) is 23.0 Å². The van der Waals surface area contributed by atoms with Gasteiger partial charge in [-0.15, -0.1) is 0 Å². The highest BCUT2D eigenvalue weighted by Gasteiger charge is 2.05. The number of hydrogen-bond acceptors (Lipinski definition) is 6. The van der Waals surface area contributed by atoms with Gasteiger partial charge in [0.15, 0.2) is 0 Å². The first-order valence-electron chi connectivity index (χ1n) is 8.16. The molecule has 10 heteroatoms. The number of rotatable bonds is 8. The van der Waals surface area contributed by atoms with E-state index in [1.807, 2.05) is 30.3 Å². The lowest BCUT2D eigenvalue weighted by Crippen LogP contribution is -2.39. The second-order valence-corrected chi connectivity index (χ2v) is 5.59. The topological polar surface area (TPSA) is 137 Å². The number of aromatic amines is 1. The normalized spacial score (nSPS) is 11.2. The number of carbonyl (C=O) groups excluding carboxylic acids is 1. The van der Waals surface area contributed by atoms with E-state index < -0.39 is 23.2 Å². The van der Waals surface area contributed by atoms with E-state index in [1.54, 1.807) is 0 Å². The second-order valence-electron chi connectivity index (χ2n) is 5.59. The van der Waals surface area contributed by atoms with Gasteiger partial charge in [0.25, 0.3) is 11.5 Å². The fourth-order valence-corrected chi connectivity index (χ4v) is 2.06. The van der Waals surface area contributed by atoms with Crippen LogP contribution in [0, 0.1) is 6.92 Å². The van der Waals surface area contributed by atoms with Crippen molar-refractivity contribution in [2.75, 3.05) is 13.1 Å². The molecule has 0 saturated heterocycles. The zero-order chi connectivity index (χ0) is 19.6. The van der Waals surface area contributed by atoms with E-state index in [1.165, 1.54) is 13.1 Å². The number of carbonyl (C=O) groups is 1. The van der Waals surface area contributed by atoms with Crippen molar-refractivity contribution in [3.63, 3.8) is 0 Å². The van der Waals surface area contributed by atoms with Gasteiger partial charge in [-0.1, -0.05) is 30.3 Å². The Morgan fingerprint density at radius 1 is 1.26 bits per heavy atom. The lowest BCUT2D eigenvalue weighted by Gasteiger charge is -2.07. The van der Waals surface area contributed by atoms with Crippen LogP contribution in [0.4, 0.5) is 4.79 Å². The molecule has 0 atom stereocenters. The fraction of sp³-hybridized carbons (Fsp3) is 0.294. The molecule has 0 bridgehead atoms. The van der Waals surface area contributed by atoms with Crippen LogP contribution in [0.5, 0.6) is 0 Å². The third kappa shape index (κ3) is 6.78. The molecule has 2 aromatic rings. The highest BCUT2D eigenvalue weighted by Crippen LogP contribution is 2.00. The first kappa shape index (κ1) is 19.9. The average molecular weight is 374 g/mol. The number of H-pyrrole nitrogens is 1. The molecule has 0 aliphatic heterocycles. The molecule has 0 fully saturated rings. The summed E-state index contributed by atoms with van der Waals surface area (Å²) in [6, 6.07) is 9.22. The Labute approximate surface area is 154 Å². The first-order valence-corrected chi connectivity index (χ1v) is 8.16. The molecule has 0 saturated carbocycles. The second kappa shape index (κ2) is 9.92. The van der Waals surface area contributed by atoms with Crippen molar-refractivity contribution in [2.45, 2.75) is 20.1 Å². The van der Waals surface area contributed by atoms with Gasteiger partial charge in [0, 0.05) is 18.3 Å². The van der Waals surface area contributed by atoms with Crippen molar-refractivity contribution < 1.29 is 14.6 Å². The zero-order valence-electron chi connectivity index (χ0n) is 14.7. The molecular weight excluding hydrogens is 354 g/mol. The number of benzene rings is 1. The van der Waals surface area contributed by atoms with Gasteiger partial charge in [-0.2, -0.15) is 0 Å². The molecule has 0 aliphatic carbocycles. The van der Waals surface area contributed by atoms with Crippen LogP contribution in [0.25, 0.3) is 0 Å². The number of amides is 1. The predicted octanol–water partition coefficient (Wildman–Crippen LogP) is 0.105. The van der Waals surface area contributed by atoms with Gasteiger partial charge in [-0.3, -0.25) is 24.9 Å². The van der Waals surface area contributed by atoms with Crippen LogP contribution in [-0.4, -0.2) is 34.6 Å². The van der Waals surface area contributed by atoms with Crippen LogP contribution in [0.15, 0.2) is 51.1 Å². The van der Waals surface area contributed by atoms with Crippen molar-refractivity contribution in [1.29, 1.82) is 0 Å². The Hall–Kier alpha value is -3.40. The standard InChI is InChI=1S/C17H20N5O5/c1-12-9-22(16(25)20-15(12)24)10-14(23)18-7-8-19-21-17(26)27-11-13-5-3-2-4-6-13/h2-6,9,19H,7-8,10-11H2,1H3,(H,21,26)(H,20,24,25). The summed E-state index contributed by atoms with van der Waals surface area (Å²) in [5.41, 5.74) is 4.93. The molecule has 27 heavy (non-hydrogen) atoms. The number of nitrogens with one attached hydrogen (secondary N) is 3. The third-order valence-electron chi connectivity index (χ3n) is 3.42. The fourth-order valence-electron chi connectivity index (χ4n) is 2.06. The molecular formula is C17H20N5O5. The summed E-state index contributed by atoms with van der Waals surface area (Å²) in [4.78, 5) is 40.2. The van der Waals surface area contributed by atoms with E-state index in [0.29, 0.717) is 5.56 Å². The van der Waals surface area contributed by atoms with E-state index in [-0.39, 0.29) is 26.2 Å². The number of hydrogen-bond donors (Lipinski definition) is 3. The zero-order valence-corrected chi connectivity index (χ0v) is 14.7. The minimum atomic E-state index is -0.671. The Kier molecular flexibility index (Phi) is 7.32. The maximum atomic E-state index is 11.8. The molecule has 0 spiro atoms. The Bertz CT molecular complexity index is 904. The van der Waals surface area contributed by atoms with E-state index in [9.17, 15) is 19.5 Å². The molecule has 2 rings (SSSR count). The van der Waals surface area contributed by atoms with Crippen molar-refractivity contribution in [1.82, 2.24) is 20.4 Å². The van der Waals surface area contributed by atoms with Gasteiger partial charge in [-0.05, 0) is 12.5 Å². The van der Waals surface area contributed by atoms with Crippen molar-refractivity contribution in [2.24, 2.45) is 4.99 Å². The van der Waals surface area contributed by atoms with Crippen molar-refractivity contribution >= 4 is 12.0 Å². The molecule has 3 N–H and O–H groups in total. The van der Waals surface area contributed by atoms with Gasteiger partial charge in [0.1, 0.15) is 13.2 Å². The third-order valence-corrected chi connectivity index (χ3v) is 3.42. The molecule has 143 valence electrons. The van der Waals surface area contributed by atoms with Crippen molar-refractivity contribution in [3.8, 4) is 0 Å². The van der Waals surface area contributed by atoms with E-state index >= 15 is 0 Å². The summed E-state index contributed by atoms with van der Waals surface area (Å²) in [5, 5.41) is 11.8. The monoisotopic (exact) mass is 374 g/mol. The highest BCUT2D eigenvalue weighted by atomic mass is 16.6. The van der Waals surface area contributed by atoms with Gasteiger partial charge < -0.3 is 4.74 Å². The summed E-state index contributed by atoms with van der Waals surface area (Å²) in [7, 11) is 0. The molecule has 1 heterocycles. The number of ether oxygens (including phenoxy) is 1. The maximum absolute atomic E-state index is 11.8. The van der Waals surface area contributed by atoms with Gasteiger partial charge in [0.2, 0.25) is 0 Å². The Morgan fingerprint density at radius 3 is 2.74 bits per heavy atom. The Morgan fingerprint density at radius 2 is 2.00 bits per heavy atom. The first-order chi connectivity index (χ1) is 13.0. The highest BCUT2D eigenvalue weighted by molar-refractivity contribution is 5.73. The van der Waals surface area contributed by atoms with Crippen LogP contribution < -0.4 is 22.1 Å². The minimum absolute atomic E-state index is 0.0921. The van der Waals surface area contributed by atoms with Crippen LogP contribution in [0.2, 0.25) is 0 Å². The molecule has 0 unspecified atom stereocenters. The van der Waals surface area contributed by atoms with E-state index in [4.69, 9.17) is 4.74 Å². The smallest absolute Gasteiger partial charge is 0.421 e. The lowest BCUT2D eigenvalue weighted by atomic mass is 10.2. The van der Waals surface area contributed by atoms with Crippen LogP contribution in [0.1, 0.15) is 11.1 Å². The molecule has 1 radical (unpaired) electrons. The lowest BCUT2D eigenvalue weighted by molar-refractivity contribution is 0.135. The quantitative estimate of drug-likeness (QED) is 0.260. The van der Waals surface area contributed by atoms with E-state index in [2.05, 4.69) is 20.8 Å². The minimum Gasteiger partial charge on any atom is -0.444 e. The maximum Gasteiger partial charge on any atom is 0.421 e. The summed E-state index contributed by atoms with van der Waals surface area (Å²) in [5.74, 6) is -0.531. The number of hydrazine groups is 1. The number of aromatic nitrogens is 2.